The highest BCUT2D eigenvalue weighted by molar-refractivity contribution is 5.01. The summed E-state index contributed by atoms with van der Waals surface area (Å²) in [5.74, 6) is 1.15. The van der Waals surface area contributed by atoms with Crippen LogP contribution in [0.25, 0.3) is 0 Å². The average molecular weight is 256 g/mol. The van der Waals surface area contributed by atoms with Crippen LogP contribution in [0.15, 0.2) is 12.2 Å². The highest BCUT2D eigenvalue weighted by atomic mass is 19.2. The van der Waals surface area contributed by atoms with Crippen LogP contribution in [0.5, 0.6) is 0 Å². The summed E-state index contributed by atoms with van der Waals surface area (Å²) < 4.78 is 27.5. The second-order valence-corrected chi connectivity index (χ2v) is 6.51. The first-order chi connectivity index (χ1) is 8.58. The van der Waals surface area contributed by atoms with E-state index in [1.165, 1.54) is 25.7 Å². The lowest BCUT2D eigenvalue weighted by Gasteiger charge is -2.32. The number of hydrogen-bond donors (Lipinski definition) is 0. The molecule has 0 heterocycles. The minimum absolute atomic E-state index is 0.111. The summed E-state index contributed by atoms with van der Waals surface area (Å²) in [6.45, 7) is 4.12. The molecule has 0 aromatic rings. The predicted octanol–water partition coefficient (Wildman–Crippen LogP) is 5.09. The summed E-state index contributed by atoms with van der Waals surface area (Å²) >= 11 is 0. The predicted molar refractivity (Wildman–Crippen MR) is 71.9 cm³/mol. The Hall–Kier alpha value is -0.400. The lowest BCUT2D eigenvalue weighted by molar-refractivity contribution is 0.0466. The minimum atomic E-state index is -1.28. The van der Waals surface area contributed by atoms with Gasteiger partial charge in [-0.05, 0) is 43.4 Å². The molecule has 2 rings (SSSR count). The van der Waals surface area contributed by atoms with Crippen LogP contribution < -0.4 is 0 Å². The molecular weight excluding hydrogens is 230 g/mol. The Morgan fingerprint density at radius 3 is 2.11 bits per heavy atom. The van der Waals surface area contributed by atoms with Gasteiger partial charge in [-0.1, -0.05) is 38.8 Å². The number of alkyl halides is 2. The van der Waals surface area contributed by atoms with Gasteiger partial charge in [0.2, 0.25) is 0 Å². The lowest BCUT2D eigenvalue weighted by atomic mass is 9.78. The molecule has 0 aromatic carbocycles. The fourth-order valence-corrected chi connectivity index (χ4v) is 3.30. The summed E-state index contributed by atoms with van der Waals surface area (Å²) in [6, 6.07) is 0. The van der Waals surface area contributed by atoms with Gasteiger partial charge in [0, 0.05) is 5.92 Å². The van der Waals surface area contributed by atoms with Gasteiger partial charge in [0.25, 0.3) is 0 Å². The topological polar surface area (TPSA) is 0 Å². The zero-order valence-electron chi connectivity index (χ0n) is 11.6. The van der Waals surface area contributed by atoms with E-state index in [0.717, 1.165) is 18.8 Å². The number of hydrogen-bond acceptors (Lipinski definition) is 0. The SMILES string of the molecule is CC1CCC(C=CC2CCC(C)C(F)C2F)CC1. The molecule has 104 valence electrons. The smallest absolute Gasteiger partial charge is 0.138 e. The molecule has 0 amide bonds. The van der Waals surface area contributed by atoms with E-state index in [4.69, 9.17) is 0 Å². The summed E-state index contributed by atoms with van der Waals surface area (Å²) in [5, 5.41) is 0. The molecule has 0 saturated heterocycles. The van der Waals surface area contributed by atoms with E-state index < -0.39 is 12.3 Å². The monoisotopic (exact) mass is 256 g/mol. The Morgan fingerprint density at radius 2 is 1.44 bits per heavy atom. The number of allylic oxidation sites excluding steroid dienone is 2. The number of halogens is 2. The maximum atomic E-state index is 13.9. The van der Waals surface area contributed by atoms with E-state index in [9.17, 15) is 8.78 Å². The number of rotatable bonds is 2. The van der Waals surface area contributed by atoms with Crippen molar-refractivity contribution in [1.82, 2.24) is 0 Å². The highest BCUT2D eigenvalue weighted by Crippen LogP contribution is 2.35. The molecule has 0 spiro atoms. The molecule has 2 fully saturated rings. The minimum Gasteiger partial charge on any atom is -0.244 e. The van der Waals surface area contributed by atoms with Gasteiger partial charge in [0.1, 0.15) is 12.3 Å². The third kappa shape index (κ3) is 3.33. The van der Waals surface area contributed by atoms with Crippen LogP contribution in [-0.2, 0) is 0 Å². The molecule has 0 aliphatic heterocycles. The van der Waals surface area contributed by atoms with Gasteiger partial charge in [-0.3, -0.25) is 0 Å². The van der Waals surface area contributed by atoms with Crippen molar-refractivity contribution in [3.05, 3.63) is 12.2 Å². The van der Waals surface area contributed by atoms with Gasteiger partial charge in [-0.25, -0.2) is 8.78 Å². The van der Waals surface area contributed by atoms with Gasteiger partial charge in [0.05, 0.1) is 0 Å². The van der Waals surface area contributed by atoms with Crippen molar-refractivity contribution in [2.24, 2.45) is 23.7 Å². The van der Waals surface area contributed by atoms with E-state index in [2.05, 4.69) is 13.0 Å². The molecule has 2 aliphatic rings. The van der Waals surface area contributed by atoms with Crippen molar-refractivity contribution in [3.8, 4) is 0 Å². The molecule has 4 atom stereocenters. The first kappa shape index (κ1) is 14.0. The summed E-state index contributed by atoms with van der Waals surface area (Å²) in [7, 11) is 0. The standard InChI is InChI=1S/C16H26F2/c1-11-3-6-13(7-4-11)8-10-14-9-5-12(2)15(17)16(14)18/h8,10-16H,3-7,9H2,1-2H3. The fraction of sp³-hybridized carbons (Fsp3) is 0.875. The second kappa shape index (κ2) is 6.16. The van der Waals surface area contributed by atoms with E-state index in [1.54, 1.807) is 0 Å². The van der Waals surface area contributed by atoms with Gasteiger partial charge in [0.15, 0.2) is 0 Å². The largest absolute Gasteiger partial charge is 0.244 e. The summed E-state index contributed by atoms with van der Waals surface area (Å²) in [5.41, 5.74) is 0. The van der Waals surface area contributed by atoms with Crippen LogP contribution >= 0.6 is 0 Å². The Morgan fingerprint density at radius 1 is 0.778 bits per heavy atom. The third-order valence-electron chi connectivity index (χ3n) is 4.90. The molecule has 18 heavy (non-hydrogen) atoms. The summed E-state index contributed by atoms with van der Waals surface area (Å²) in [6.07, 6.45) is 8.22. The molecule has 0 aromatic heterocycles. The fourth-order valence-electron chi connectivity index (χ4n) is 3.30. The van der Waals surface area contributed by atoms with Crippen molar-refractivity contribution in [2.75, 3.05) is 0 Å². The van der Waals surface area contributed by atoms with E-state index in [0.29, 0.717) is 5.92 Å². The molecular formula is C16H26F2. The maximum absolute atomic E-state index is 13.9. The Labute approximate surface area is 110 Å². The Bertz CT molecular complexity index is 279. The molecule has 4 unspecified atom stereocenters. The van der Waals surface area contributed by atoms with E-state index in [-0.39, 0.29) is 11.8 Å². The van der Waals surface area contributed by atoms with E-state index in [1.807, 2.05) is 13.0 Å². The van der Waals surface area contributed by atoms with Crippen molar-refractivity contribution < 1.29 is 8.78 Å². The molecule has 0 radical (unpaired) electrons. The average Bonchev–Trinajstić information content (AvgIpc) is 2.37. The molecule has 0 bridgehead atoms. The van der Waals surface area contributed by atoms with Crippen molar-refractivity contribution in [1.29, 1.82) is 0 Å². The van der Waals surface area contributed by atoms with Crippen LogP contribution in [0.3, 0.4) is 0 Å². The van der Waals surface area contributed by atoms with Crippen LogP contribution in [0.2, 0.25) is 0 Å². The third-order valence-corrected chi connectivity index (χ3v) is 4.90. The molecule has 2 saturated carbocycles. The van der Waals surface area contributed by atoms with Crippen LogP contribution in [0.1, 0.15) is 52.4 Å². The zero-order chi connectivity index (χ0) is 13.1. The summed E-state index contributed by atoms with van der Waals surface area (Å²) in [4.78, 5) is 0. The molecule has 0 nitrogen and oxygen atoms in total. The zero-order valence-corrected chi connectivity index (χ0v) is 11.6. The van der Waals surface area contributed by atoms with E-state index >= 15 is 0 Å². The first-order valence-corrected chi connectivity index (χ1v) is 7.54. The van der Waals surface area contributed by atoms with Crippen LogP contribution in [0.4, 0.5) is 8.78 Å². The van der Waals surface area contributed by atoms with Crippen LogP contribution in [-0.4, -0.2) is 12.3 Å². The first-order valence-electron chi connectivity index (χ1n) is 7.54. The second-order valence-electron chi connectivity index (χ2n) is 6.51. The molecule has 0 N–H and O–H groups in total. The molecule has 2 aliphatic carbocycles. The quantitative estimate of drug-likeness (QED) is 0.604. The molecule has 2 heteroatoms. The Kier molecular flexibility index (Phi) is 4.80. The normalized spacial score (nSPS) is 46.4. The van der Waals surface area contributed by atoms with Gasteiger partial charge in [-0.2, -0.15) is 0 Å². The van der Waals surface area contributed by atoms with Crippen molar-refractivity contribution in [3.63, 3.8) is 0 Å². The van der Waals surface area contributed by atoms with Crippen LogP contribution in [0, 0.1) is 23.7 Å². The maximum Gasteiger partial charge on any atom is 0.138 e. The highest BCUT2D eigenvalue weighted by Gasteiger charge is 2.36. The van der Waals surface area contributed by atoms with Crippen molar-refractivity contribution >= 4 is 0 Å². The van der Waals surface area contributed by atoms with Gasteiger partial charge < -0.3 is 0 Å². The van der Waals surface area contributed by atoms with Gasteiger partial charge in [-0.15, -0.1) is 0 Å². The Balaban J connectivity index is 1.85. The lowest BCUT2D eigenvalue weighted by Crippen LogP contribution is -2.35. The van der Waals surface area contributed by atoms with Crippen molar-refractivity contribution in [2.45, 2.75) is 64.7 Å². The van der Waals surface area contributed by atoms with Gasteiger partial charge >= 0.3 is 0 Å².